The van der Waals surface area contributed by atoms with Crippen molar-refractivity contribution in [2.45, 2.75) is 75.3 Å². The molecule has 2 aromatic carbocycles. The second kappa shape index (κ2) is 10.3. The number of fused-ring (bicyclic) bond motifs is 2. The lowest BCUT2D eigenvalue weighted by Gasteiger charge is -2.24. The van der Waals surface area contributed by atoms with Crippen molar-refractivity contribution >= 4 is 32.5 Å². The molecule has 0 unspecified atom stereocenters. The molecule has 14 heteroatoms. The van der Waals surface area contributed by atoms with Crippen LogP contribution in [0.25, 0.3) is 10.9 Å². The van der Waals surface area contributed by atoms with Crippen LogP contribution < -0.4 is 19.5 Å². The Morgan fingerprint density at radius 1 is 1.14 bits per heavy atom. The van der Waals surface area contributed by atoms with E-state index in [-0.39, 0.29) is 40.9 Å². The number of aromatic amines is 1. The molecule has 1 aliphatic heterocycles. The SMILES string of the molecule is Cc1ncc(S(=O)(=O)NC[C@H](O)Cn2c(C(C)(C)C)cc3cc(NC(=O)C4(c5ccc6c(c5)OC(F)(F)O6)CC4)ccc32)[nH]1. The van der Waals surface area contributed by atoms with Crippen LogP contribution in [0, 0.1) is 6.92 Å². The number of hydrogen-bond acceptors (Lipinski definition) is 7. The predicted molar refractivity (Wildman–Crippen MR) is 157 cm³/mol. The molecule has 3 heterocycles. The number of benzene rings is 2. The molecular formula is C30H33F2N5O6S. The normalized spacial score (nSPS) is 17.5. The van der Waals surface area contributed by atoms with Gasteiger partial charge in [-0.3, -0.25) is 4.79 Å². The van der Waals surface area contributed by atoms with Gasteiger partial charge in [0, 0.05) is 34.2 Å². The van der Waals surface area contributed by atoms with Crippen molar-refractivity contribution in [3.63, 3.8) is 0 Å². The number of sulfonamides is 1. The number of aliphatic hydroxyl groups is 1. The number of rotatable bonds is 9. The highest BCUT2D eigenvalue weighted by molar-refractivity contribution is 7.89. The number of nitrogens with one attached hydrogen (secondary N) is 3. The van der Waals surface area contributed by atoms with Crippen molar-refractivity contribution in [2.24, 2.45) is 0 Å². The fourth-order valence-electron chi connectivity index (χ4n) is 5.53. The van der Waals surface area contributed by atoms with Crippen molar-refractivity contribution in [3.05, 3.63) is 65.7 Å². The highest BCUT2D eigenvalue weighted by Crippen LogP contribution is 2.52. The smallest absolute Gasteiger partial charge is 0.395 e. The molecule has 2 aliphatic rings. The molecule has 4 aromatic rings. The van der Waals surface area contributed by atoms with Crippen LogP contribution in [-0.4, -0.2) is 52.9 Å². The maximum absolute atomic E-state index is 13.5. The standard InChI is InChI=1S/C30H33F2N5O6S/c1-17-33-15-26(35-17)44(40,41)34-14-21(38)16-37-22-7-6-20(11-18(22)12-25(37)28(2,3)4)36-27(39)29(9-10-29)19-5-8-23-24(13-19)43-30(31,32)42-23/h5-8,11-13,15,21,34,38H,9-10,14,16H2,1-4H3,(H,33,35)(H,36,39)/t21-/m0/s1. The zero-order chi connectivity index (χ0) is 31.7. The molecule has 11 nitrogen and oxygen atoms in total. The van der Waals surface area contributed by atoms with Crippen LogP contribution in [0.3, 0.4) is 0 Å². The van der Waals surface area contributed by atoms with E-state index in [1.807, 2.05) is 43.5 Å². The molecule has 2 aromatic heterocycles. The minimum atomic E-state index is -3.87. The fraction of sp³-hybridized carbons (Fsp3) is 0.400. The van der Waals surface area contributed by atoms with Gasteiger partial charge in [0.25, 0.3) is 10.0 Å². The van der Waals surface area contributed by atoms with Gasteiger partial charge in [0.15, 0.2) is 16.5 Å². The monoisotopic (exact) mass is 629 g/mol. The molecule has 44 heavy (non-hydrogen) atoms. The van der Waals surface area contributed by atoms with E-state index in [0.717, 1.165) is 16.6 Å². The quantitative estimate of drug-likeness (QED) is 0.216. The van der Waals surface area contributed by atoms with Gasteiger partial charge in [0.2, 0.25) is 5.91 Å². The van der Waals surface area contributed by atoms with Crippen LogP contribution in [0.4, 0.5) is 14.5 Å². The Morgan fingerprint density at radius 3 is 2.52 bits per heavy atom. The number of anilines is 1. The van der Waals surface area contributed by atoms with Crippen LogP contribution in [0.2, 0.25) is 0 Å². The molecule has 0 radical (unpaired) electrons. The molecule has 1 amide bonds. The van der Waals surface area contributed by atoms with Gasteiger partial charge in [0.1, 0.15) is 5.82 Å². The Balaban J connectivity index is 1.20. The maximum Gasteiger partial charge on any atom is 0.586 e. The summed E-state index contributed by atoms with van der Waals surface area (Å²) in [6.07, 6.45) is -2.44. The van der Waals surface area contributed by atoms with Crippen LogP contribution in [0.5, 0.6) is 11.5 Å². The van der Waals surface area contributed by atoms with E-state index < -0.39 is 27.8 Å². The average molecular weight is 630 g/mol. The summed E-state index contributed by atoms with van der Waals surface area (Å²) in [5, 5.41) is 14.6. The van der Waals surface area contributed by atoms with E-state index >= 15 is 0 Å². The molecule has 4 N–H and O–H groups in total. The Hall–Kier alpha value is -4.01. The van der Waals surface area contributed by atoms with E-state index in [1.165, 1.54) is 18.3 Å². The lowest BCUT2D eigenvalue weighted by atomic mass is 9.92. The van der Waals surface area contributed by atoms with Gasteiger partial charge in [0.05, 0.1) is 24.3 Å². The number of carbonyl (C=O) groups excluding carboxylic acids is 1. The lowest BCUT2D eigenvalue weighted by molar-refractivity contribution is -0.286. The summed E-state index contributed by atoms with van der Waals surface area (Å²) in [4.78, 5) is 20.1. The summed E-state index contributed by atoms with van der Waals surface area (Å²) < 4.78 is 65.6. The Bertz CT molecular complexity index is 1870. The van der Waals surface area contributed by atoms with E-state index in [9.17, 15) is 27.1 Å². The van der Waals surface area contributed by atoms with E-state index in [2.05, 4.69) is 29.5 Å². The number of carbonyl (C=O) groups is 1. The van der Waals surface area contributed by atoms with Gasteiger partial charge >= 0.3 is 6.29 Å². The molecule has 234 valence electrons. The Kier molecular flexibility index (Phi) is 7.02. The summed E-state index contributed by atoms with van der Waals surface area (Å²) >= 11 is 0. The van der Waals surface area contributed by atoms with E-state index in [1.54, 1.807) is 19.1 Å². The molecule has 1 fully saturated rings. The van der Waals surface area contributed by atoms with Gasteiger partial charge in [-0.1, -0.05) is 26.8 Å². The molecule has 6 rings (SSSR count). The van der Waals surface area contributed by atoms with Crippen LogP contribution >= 0.6 is 0 Å². The highest BCUT2D eigenvalue weighted by atomic mass is 32.2. The van der Waals surface area contributed by atoms with Crippen molar-refractivity contribution in [3.8, 4) is 11.5 Å². The molecule has 0 spiro atoms. The maximum atomic E-state index is 13.5. The summed E-state index contributed by atoms with van der Waals surface area (Å²) in [5.41, 5.74) is 1.67. The van der Waals surface area contributed by atoms with Crippen molar-refractivity contribution in [1.29, 1.82) is 0 Å². The number of halogens is 2. The lowest BCUT2D eigenvalue weighted by Crippen LogP contribution is -2.35. The summed E-state index contributed by atoms with van der Waals surface area (Å²) in [7, 11) is -3.87. The highest BCUT2D eigenvalue weighted by Gasteiger charge is 2.52. The van der Waals surface area contributed by atoms with Gasteiger partial charge in [-0.15, -0.1) is 8.78 Å². The summed E-state index contributed by atoms with van der Waals surface area (Å²) in [6, 6.07) is 11.9. The number of aliphatic hydroxyl groups excluding tert-OH is 1. The minimum Gasteiger partial charge on any atom is -0.395 e. The first kappa shape index (κ1) is 30.0. The van der Waals surface area contributed by atoms with Crippen LogP contribution in [0.1, 0.15) is 50.7 Å². The summed E-state index contributed by atoms with van der Waals surface area (Å²) in [5.74, 6) is 0.0289. The van der Waals surface area contributed by atoms with Crippen molar-refractivity contribution in [1.82, 2.24) is 19.3 Å². The van der Waals surface area contributed by atoms with Gasteiger partial charge in [-0.2, -0.15) is 0 Å². The van der Waals surface area contributed by atoms with Crippen molar-refractivity contribution < 1.29 is 36.6 Å². The number of aryl methyl sites for hydroxylation is 1. The van der Waals surface area contributed by atoms with E-state index in [0.29, 0.717) is 29.9 Å². The van der Waals surface area contributed by atoms with Crippen molar-refractivity contribution in [2.75, 3.05) is 11.9 Å². The first-order chi connectivity index (χ1) is 20.6. The fourth-order valence-corrected chi connectivity index (χ4v) is 6.57. The first-order valence-corrected chi connectivity index (χ1v) is 15.6. The molecule has 1 atom stereocenters. The number of hydrogen-bond donors (Lipinski definition) is 4. The third-order valence-electron chi connectivity index (χ3n) is 7.94. The molecule has 0 saturated heterocycles. The first-order valence-electron chi connectivity index (χ1n) is 14.1. The number of imidazole rings is 1. The zero-order valence-corrected chi connectivity index (χ0v) is 25.4. The number of amides is 1. The number of nitrogens with zero attached hydrogens (tertiary/aromatic N) is 2. The molecule has 1 aliphatic carbocycles. The average Bonchev–Trinajstić information content (AvgIpc) is 3.33. The second-order valence-corrected chi connectivity index (χ2v) is 14.1. The zero-order valence-electron chi connectivity index (χ0n) is 24.6. The third-order valence-corrected chi connectivity index (χ3v) is 9.27. The number of alkyl halides is 2. The van der Waals surface area contributed by atoms with E-state index in [4.69, 9.17) is 0 Å². The Morgan fingerprint density at radius 2 is 1.86 bits per heavy atom. The second-order valence-electron chi connectivity index (χ2n) is 12.4. The predicted octanol–water partition coefficient (Wildman–Crippen LogP) is 4.30. The number of ether oxygens (including phenoxy) is 2. The van der Waals surface area contributed by atoms with Gasteiger partial charge < -0.3 is 29.4 Å². The van der Waals surface area contributed by atoms with Crippen LogP contribution in [-0.2, 0) is 32.2 Å². The third kappa shape index (κ3) is 5.64. The van der Waals surface area contributed by atoms with Gasteiger partial charge in [-0.05, 0) is 61.7 Å². The summed E-state index contributed by atoms with van der Waals surface area (Å²) in [6.45, 7) is 7.66. The Labute approximate surface area is 252 Å². The molecular weight excluding hydrogens is 596 g/mol. The van der Waals surface area contributed by atoms with Gasteiger partial charge in [-0.25, -0.2) is 18.1 Å². The number of H-pyrrole nitrogens is 1. The number of aromatic nitrogens is 3. The molecule has 1 saturated carbocycles. The van der Waals surface area contributed by atoms with Crippen LogP contribution in [0.15, 0.2) is 53.7 Å². The minimum absolute atomic E-state index is 0.0741. The molecule has 0 bridgehead atoms. The largest absolute Gasteiger partial charge is 0.586 e. The topological polar surface area (TPSA) is 148 Å².